The van der Waals surface area contributed by atoms with Crippen molar-refractivity contribution in [3.8, 4) is 0 Å². The Morgan fingerprint density at radius 2 is 2.12 bits per heavy atom. The van der Waals surface area contributed by atoms with Crippen molar-refractivity contribution in [3.63, 3.8) is 0 Å². The van der Waals surface area contributed by atoms with Crippen LogP contribution in [0.1, 0.15) is 39.5 Å². The first-order valence-corrected chi connectivity index (χ1v) is 6.73. The van der Waals surface area contributed by atoms with Crippen LogP contribution in [0.2, 0.25) is 0 Å². The molecule has 3 heteroatoms. The van der Waals surface area contributed by atoms with Crippen LogP contribution in [0.4, 0.5) is 0 Å². The molecule has 0 aromatic carbocycles. The van der Waals surface area contributed by atoms with E-state index < -0.39 is 0 Å². The molecule has 0 radical (unpaired) electrons. The fourth-order valence-corrected chi connectivity index (χ4v) is 2.60. The number of hydrogen-bond acceptors (Lipinski definition) is 2. The molecule has 1 amide bonds. The molecule has 16 heavy (non-hydrogen) atoms. The average molecular weight is 224 g/mol. The third kappa shape index (κ3) is 2.97. The molecule has 1 aliphatic carbocycles. The summed E-state index contributed by atoms with van der Waals surface area (Å²) in [6.07, 6.45) is 4.68. The molecule has 2 atom stereocenters. The molecule has 0 aromatic rings. The van der Waals surface area contributed by atoms with Crippen molar-refractivity contribution in [2.75, 3.05) is 19.6 Å². The maximum atomic E-state index is 12.3. The summed E-state index contributed by atoms with van der Waals surface area (Å²) in [4.78, 5) is 14.4. The Labute approximate surface area is 98.6 Å². The lowest BCUT2D eigenvalue weighted by atomic mass is 9.92. The van der Waals surface area contributed by atoms with Crippen molar-refractivity contribution in [3.05, 3.63) is 0 Å². The molecular formula is C13H24N2O. The van der Waals surface area contributed by atoms with Gasteiger partial charge in [-0.25, -0.2) is 0 Å². The van der Waals surface area contributed by atoms with Gasteiger partial charge in [-0.3, -0.25) is 4.79 Å². The number of nitrogens with zero attached hydrogens (tertiary/aromatic N) is 1. The number of rotatable bonds is 4. The Morgan fingerprint density at radius 3 is 2.69 bits per heavy atom. The van der Waals surface area contributed by atoms with Crippen molar-refractivity contribution in [2.45, 2.75) is 45.6 Å². The fourth-order valence-electron chi connectivity index (χ4n) is 2.60. The third-order valence-electron chi connectivity index (χ3n) is 3.84. The van der Waals surface area contributed by atoms with Crippen LogP contribution in [0, 0.1) is 11.8 Å². The van der Waals surface area contributed by atoms with Gasteiger partial charge >= 0.3 is 0 Å². The summed E-state index contributed by atoms with van der Waals surface area (Å²) < 4.78 is 0. The van der Waals surface area contributed by atoms with Crippen LogP contribution in [0.25, 0.3) is 0 Å². The molecule has 0 spiro atoms. The lowest BCUT2D eigenvalue weighted by molar-refractivity contribution is -0.136. The van der Waals surface area contributed by atoms with E-state index in [1.54, 1.807) is 0 Å². The Hall–Kier alpha value is -0.570. The molecule has 2 fully saturated rings. The summed E-state index contributed by atoms with van der Waals surface area (Å²) in [5.74, 6) is 1.49. The zero-order valence-corrected chi connectivity index (χ0v) is 10.5. The first-order valence-electron chi connectivity index (χ1n) is 6.73. The molecule has 2 unspecified atom stereocenters. The number of amides is 1. The summed E-state index contributed by atoms with van der Waals surface area (Å²) in [7, 11) is 0. The van der Waals surface area contributed by atoms with Gasteiger partial charge in [0, 0.05) is 25.0 Å². The number of hydrogen-bond donors (Lipinski definition) is 1. The fraction of sp³-hybridized carbons (Fsp3) is 0.923. The topological polar surface area (TPSA) is 32.3 Å². The maximum Gasteiger partial charge on any atom is 0.225 e. The quantitative estimate of drug-likeness (QED) is 0.787. The van der Waals surface area contributed by atoms with Crippen LogP contribution in [-0.4, -0.2) is 36.5 Å². The minimum atomic E-state index is 0.273. The molecule has 1 aliphatic heterocycles. The van der Waals surface area contributed by atoms with Crippen LogP contribution in [0.3, 0.4) is 0 Å². The largest absolute Gasteiger partial charge is 0.342 e. The summed E-state index contributed by atoms with van der Waals surface area (Å²) in [6.45, 7) is 7.17. The molecule has 3 nitrogen and oxygen atoms in total. The first-order chi connectivity index (χ1) is 7.70. The van der Waals surface area contributed by atoms with Crippen LogP contribution in [0.15, 0.2) is 0 Å². The van der Waals surface area contributed by atoms with E-state index in [-0.39, 0.29) is 5.92 Å². The van der Waals surface area contributed by atoms with Gasteiger partial charge in [-0.2, -0.15) is 0 Å². The highest BCUT2D eigenvalue weighted by molar-refractivity contribution is 5.79. The molecule has 2 aliphatic rings. The van der Waals surface area contributed by atoms with Crippen molar-refractivity contribution < 1.29 is 4.79 Å². The van der Waals surface area contributed by atoms with Crippen LogP contribution >= 0.6 is 0 Å². The van der Waals surface area contributed by atoms with Gasteiger partial charge in [0.1, 0.15) is 0 Å². The van der Waals surface area contributed by atoms with Gasteiger partial charge in [0.2, 0.25) is 5.91 Å². The van der Waals surface area contributed by atoms with Crippen molar-refractivity contribution in [2.24, 2.45) is 11.8 Å². The highest BCUT2D eigenvalue weighted by atomic mass is 16.2. The monoisotopic (exact) mass is 224 g/mol. The smallest absolute Gasteiger partial charge is 0.225 e. The second-order valence-electron chi connectivity index (χ2n) is 5.40. The zero-order valence-electron chi connectivity index (χ0n) is 10.5. The lowest BCUT2D eigenvalue weighted by Crippen LogP contribution is -2.44. The van der Waals surface area contributed by atoms with Gasteiger partial charge < -0.3 is 10.2 Å². The molecule has 0 bridgehead atoms. The van der Waals surface area contributed by atoms with Gasteiger partial charge in [-0.05, 0) is 52.0 Å². The normalized spacial score (nSPS) is 30.1. The predicted octanol–water partition coefficient (Wildman–Crippen LogP) is 1.63. The van der Waals surface area contributed by atoms with E-state index in [9.17, 15) is 4.79 Å². The summed E-state index contributed by atoms with van der Waals surface area (Å²) in [6, 6.07) is 0.502. The van der Waals surface area contributed by atoms with Gasteiger partial charge in [0.05, 0.1) is 0 Å². The van der Waals surface area contributed by atoms with Gasteiger partial charge in [0.15, 0.2) is 0 Å². The zero-order chi connectivity index (χ0) is 11.5. The molecular weight excluding hydrogens is 200 g/mol. The predicted molar refractivity (Wildman–Crippen MR) is 65.2 cm³/mol. The molecule has 1 heterocycles. The summed E-state index contributed by atoms with van der Waals surface area (Å²) in [5.41, 5.74) is 0. The summed E-state index contributed by atoms with van der Waals surface area (Å²) in [5, 5.41) is 3.41. The second-order valence-corrected chi connectivity index (χ2v) is 5.40. The second kappa shape index (κ2) is 5.17. The van der Waals surface area contributed by atoms with Gasteiger partial charge in [-0.1, -0.05) is 0 Å². The standard InChI is InChI=1S/C13H24N2O/c1-3-15(9-11-4-5-11)13(16)12-6-7-14-10(2)8-12/h10-12,14H,3-9H2,1-2H3. The SMILES string of the molecule is CCN(CC1CC1)C(=O)C1CCNC(C)C1. The highest BCUT2D eigenvalue weighted by Gasteiger charge is 2.31. The number of nitrogens with one attached hydrogen (secondary N) is 1. The molecule has 1 N–H and O–H groups in total. The van der Waals surface area contributed by atoms with E-state index >= 15 is 0 Å². The van der Waals surface area contributed by atoms with Crippen LogP contribution < -0.4 is 5.32 Å². The van der Waals surface area contributed by atoms with E-state index in [0.717, 1.165) is 38.4 Å². The van der Waals surface area contributed by atoms with E-state index in [1.165, 1.54) is 12.8 Å². The minimum absolute atomic E-state index is 0.273. The molecule has 1 saturated heterocycles. The number of piperidine rings is 1. The van der Waals surface area contributed by atoms with Crippen molar-refractivity contribution in [1.29, 1.82) is 0 Å². The van der Waals surface area contributed by atoms with Crippen molar-refractivity contribution in [1.82, 2.24) is 10.2 Å². The van der Waals surface area contributed by atoms with E-state index in [0.29, 0.717) is 11.9 Å². The van der Waals surface area contributed by atoms with Crippen LogP contribution in [-0.2, 0) is 4.79 Å². The Bertz CT molecular complexity index is 244. The molecule has 92 valence electrons. The maximum absolute atomic E-state index is 12.3. The lowest BCUT2D eigenvalue weighted by Gasteiger charge is -2.31. The van der Waals surface area contributed by atoms with Gasteiger partial charge in [-0.15, -0.1) is 0 Å². The van der Waals surface area contributed by atoms with E-state index in [1.807, 2.05) is 0 Å². The first kappa shape index (κ1) is 11.9. The molecule has 0 aromatic heterocycles. The Balaban J connectivity index is 1.87. The molecule has 1 saturated carbocycles. The van der Waals surface area contributed by atoms with E-state index in [2.05, 4.69) is 24.1 Å². The van der Waals surface area contributed by atoms with Crippen LogP contribution in [0.5, 0.6) is 0 Å². The number of carbonyl (C=O) groups is 1. The third-order valence-corrected chi connectivity index (χ3v) is 3.84. The average Bonchev–Trinajstić information content (AvgIpc) is 3.09. The van der Waals surface area contributed by atoms with Gasteiger partial charge in [0.25, 0.3) is 0 Å². The minimum Gasteiger partial charge on any atom is -0.342 e. The molecule has 2 rings (SSSR count). The van der Waals surface area contributed by atoms with E-state index in [4.69, 9.17) is 0 Å². The highest BCUT2D eigenvalue weighted by Crippen LogP contribution is 2.30. The Morgan fingerprint density at radius 1 is 1.38 bits per heavy atom. The van der Waals surface area contributed by atoms with Crippen molar-refractivity contribution >= 4 is 5.91 Å². The summed E-state index contributed by atoms with van der Waals surface area (Å²) >= 11 is 0. The Kier molecular flexibility index (Phi) is 3.85. The number of carbonyl (C=O) groups excluding carboxylic acids is 1.